The third kappa shape index (κ3) is 3.02. The van der Waals surface area contributed by atoms with Gasteiger partial charge in [0.2, 0.25) is 5.91 Å². The Morgan fingerprint density at radius 3 is 2.78 bits per heavy atom. The molecule has 0 saturated heterocycles. The van der Waals surface area contributed by atoms with E-state index < -0.39 is 23.2 Å². The predicted octanol–water partition coefficient (Wildman–Crippen LogP) is 3.95. The van der Waals surface area contributed by atoms with E-state index in [2.05, 4.69) is 10.4 Å². The van der Waals surface area contributed by atoms with Crippen LogP contribution in [-0.2, 0) is 4.79 Å². The molecule has 1 aromatic heterocycles. The van der Waals surface area contributed by atoms with E-state index in [1.165, 1.54) is 12.1 Å². The SMILES string of the molecule is O=C1CS[C@H](C(F)(F)F)c2cnn(-c3ccc(Cl)cc3F)c2N1. The normalized spacial score (nSPS) is 18.3. The molecule has 2 heterocycles. The molecule has 23 heavy (non-hydrogen) atoms. The molecule has 1 N–H and O–H groups in total. The summed E-state index contributed by atoms with van der Waals surface area (Å²) in [5.41, 5.74) is -0.327. The van der Waals surface area contributed by atoms with E-state index in [1.54, 1.807) is 0 Å². The molecule has 10 heteroatoms. The van der Waals surface area contributed by atoms with E-state index in [9.17, 15) is 22.4 Å². The molecule has 0 radical (unpaired) electrons. The zero-order valence-electron chi connectivity index (χ0n) is 11.2. The summed E-state index contributed by atoms with van der Waals surface area (Å²) in [5.74, 6) is -1.93. The fourth-order valence-electron chi connectivity index (χ4n) is 2.20. The molecule has 3 rings (SSSR count). The van der Waals surface area contributed by atoms with Gasteiger partial charge in [-0.25, -0.2) is 9.07 Å². The van der Waals surface area contributed by atoms with Crippen LogP contribution in [0.15, 0.2) is 24.4 Å². The average molecular weight is 366 g/mol. The number of aromatic nitrogens is 2. The van der Waals surface area contributed by atoms with Gasteiger partial charge in [0.1, 0.15) is 22.6 Å². The number of hydrogen-bond acceptors (Lipinski definition) is 3. The average Bonchev–Trinajstić information content (AvgIpc) is 2.73. The van der Waals surface area contributed by atoms with Crippen molar-refractivity contribution >= 4 is 35.1 Å². The van der Waals surface area contributed by atoms with Crippen LogP contribution in [0.2, 0.25) is 5.02 Å². The summed E-state index contributed by atoms with van der Waals surface area (Å²) in [7, 11) is 0. The lowest BCUT2D eigenvalue weighted by Gasteiger charge is -2.17. The van der Waals surface area contributed by atoms with Crippen molar-refractivity contribution in [1.29, 1.82) is 0 Å². The first-order chi connectivity index (χ1) is 10.8. The van der Waals surface area contributed by atoms with Gasteiger partial charge in [-0.3, -0.25) is 4.79 Å². The van der Waals surface area contributed by atoms with Gasteiger partial charge in [0, 0.05) is 10.6 Å². The third-order valence-corrected chi connectivity index (χ3v) is 4.67. The summed E-state index contributed by atoms with van der Waals surface area (Å²) in [6.45, 7) is 0. The van der Waals surface area contributed by atoms with Crippen molar-refractivity contribution in [3.63, 3.8) is 0 Å². The zero-order chi connectivity index (χ0) is 16.8. The number of amides is 1. The van der Waals surface area contributed by atoms with E-state index in [4.69, 9.17) is 11.6 Å². The maximum atomic E-state index is 14.0. The van der Waals surface area contributed by atoms with Crippen LogP contribution in [0.5, 0.6) is 0 Å². The number of nitrogens with zero attached hydrogens (tertiary/aromatic N) is 2. The van der Waals surface area contributed by atoms with Gasteiger partial charge in [0.25, 0.3) is 0 Å². The van der Waals surface area contributed by atoms with Gasteiger partial charge < -0.3 is 5.32 Å². The maximum absolute atomic E-state index is 14.0. The number of hydrogen-bond donors (Lipinski definition) is 1. The van der Waals surface area contributed by atoms with Crippen LogP contribution in [-0.4, -0.2) is 27.6 Å². The van der Waals surface area contributed by atoms with Crippen LogP contribution in [0.25, 0.3) is 5.69 Å². The van der Waals surface area contributed by atoms with Gasteiger partial charge in [-0.05, 0) is 18.2 Å². The molecule has 1 aliphatic heterocycles. The lowest BCUT2D eigenvalue weighted by molar-refractivity contribution is -0.129. The number of anilines is 1. The molecule has 1 aliphatic rings. The van der Waals surface area contributed by atoms with Crippen molar-refractivity contribution in [3.05, 3.63) is 40.8 Å². The molecule has 1 amide bonds. The quantitative estimate of drug-likeness (QED) is 0.778. The smallest absolute Gasteiger partial charge is 0.310 e. The van der Waals surface area contributed by atoms with Crippen LogP contribution in [0.3, 0.4) is 0 Å². The minimum Gasteiger partial charge on any atom is -0.310 e. The molecule has 0 fully saturated rings. The van der Waals surface area contributed by atoms with Crippen molar-refractivity contribution in [2.75, 3.05) is 11.1 Å². The van der Waals surface area contributed by atoms with Gasteiger partial charge in [-0.2, -0.15) is 18.3 Å². The minimum absolute atomic E-state index is 0.108. The van der Waals surface area contributed by atoms with E-state index in [0.717, 1.165) is 16.9 Å². The highest BCUT2D eigenvalue weighted by Gasteiger charge is 2.45. The minimum atomic E-state index is -4.56. The van der Waals surface area contributed by atoms with E-state index in [0.29, 0.717) is 11.8 Å². The lowest BCUT2D eigenvalue weighted by atomic mass is 10.2. The van der Waals surface area contributed by atoms with Crippen molar-refractivity contribution in [2.24, 2.45) is 0 Å². The Labute approximate surface area is 136 Å². The second-order valence-electron chi connectivity index (χ2n) is 4.74. The Morgan fingerprint density at radius 2 is 2.13 bits per heavy atom. The summed E-state index contributed by atoms with van der Waals surface area (Å²) >= 11 is 6.11. The van der Waals surface area contributed by atoms with Crippen LogP contribution in [0.4, 0.5) is 23.4 Å². The number of halogens is 5. The Hall–Kier alpha value is -1.74. The monoisotopic (exact) mass is 365 g/mol. The van der Waals surface area contributed by atoms with E-state index >= 15 is 0 Å². The predicted molar refractivity (Wildman–Crippen MR) is 78.4 cm³/mol. The molecule has 4 nitrogen and oxygen atoms in total. The summed E-state index contributed by atoms with van der Waals surface area (Å²) in [5, 5.41) is 4.38. The number of rotatable bonds is 1. The summed E-state index contributed by atoms with van der Waals surface area (Å²) < 4.78 is 54.5. The number of nitrogens with one attached hydrogen (secondary N) is 1. The first-order valence-electron chi connectivity index (χ1n) is 6.29. The molecular weight excluding hydrogens is 358 g/mol. The van der Waals surface area contributed by atoms with Gasteiger partial charge in [0.05, 0.1) is 11.9 Å². The van der Waals surface area contributed by atoms with Crippen molar-refractivity contribution in [1.82, 2.24) is 9.78 Å². The van der Waals surface area contributed by atoms with Crippen molar-refractivity contribution in [2.45, 2.75) is 11.4 Å². The summed E-state index contributed by atoms with van der Waals surface area (Å²) in [6.07, 6.45) is -3.57. The van der Waals surface area contributed by atoms with E-state index in [-0.39, 0.29) is 27.8 Å². The molecule has 1 aromatic carbocycles. The zero-order valence-corrected chi connectivity index (χ0v) is 12.8. The Balaban J connectivity index is 2.15. The second-order valence-corrected chi connectivity index (χ2v) is 6.27. The Morgan fingerprint density at radius 1 is 1.39 bits per heavy atom. The molecule has 0 aliphatic carbocycles. The number of benzene rings is 1. The molecule has 122 valence electrons. The van der Waals surface area contributed by atoms with Crippen molar-refractivity contribution in [3.8, 4) is 5.69 Å². The van der Waals surface area contributed by atoms with Gasteiger partial charge in [-0.15, -0.1) is 11.8 Å². The van der Waals surface area contributed by atoms with Gasteiger partial charge in [0.15, 0.2) is 0 Å². The topological polar surface area (TPSA) is 46.9 Å². The summed E-state index contributed by atoms with van der Waals surface area (Å²) in [6, 6.07) is 3.67. The standard InChI is InChI=1S/C13H8ClF4N3OS/c14-6-1-2-9(8(15)3-6)21-12-7(4-19-21)11(13(16,17)18)23-5-10(22)20-12/h1-4,11H,5H2,(H,20,22)/t11-/m0/s1. The van der Waals surface area contributed by atoms with E-state index in [1.807, 2.05) is 0 Å². The molecule has 0 bridgehead atoms. The molecular formula is C13H8ClF4N3OS. The molecule has 0 unspecified atom stereocenters. The third-order valence-electron chi connectivity index (χ3n) is 3.15. The molecule has 2 aromatic rings. The fraction of sp³-hybridized carbons (Fsp3) is 0.231. The van der Waals surface area contributed by atoms with Crippen LogP contribution in [0.1, 0.15) is 10.8 Å². The lowest BCUT2D eigenvalue weighted by Crippen LogP contribution is -2.17. The summed E-state index contributed by atoms with van der Waals surface area (Å²) in [4.78, 5) is 11.7. The first-order valence-corrected chi connectivity index (χ1v) is 7.71. The highest BCUT2D eigenvalue weighted by Crippen LogP contribution is 2.47. The molecule has 1 atom stereocenters. The Bertz CT molecular complexity index is 777. The van der Waals surface area contributed by atoms with Crippen LogP contribution >= 0.6 is 23.4 Å². The fourth-order valence-corrected chi connectivity index (χ4v) is 3.29. The van der Waals surface area contributed by atoms with Gasteiger partial charge >= 0.3 is 6.18 Å². The van der Waals surface area contributed by atoms with Crippen LogP contribution in [0, 0.1) is 5.82 Å². The molecule has 0 spiro atoms. The number of carbonyl (C=O) groups is 1. The van der Waals surface area contributed by atoms with Crippen molar-refractivity contribution < 1.29 is 22.4 Å². The number of alkyl halides is 3. The highest BCUT2D eigenvalue weighted by atomic mass is 35.5. The number of carbonyl (C=O) groups excluding carboxylic acids is 1. The number of thioether (sulfide) groups is 1. The maximum Gasteiger partial charge on any atom is 0.404 e. The Kier molecular flexibility index (Phi) is 4.01. The van der Waals surface area contributed by atoms with Gasteiger partial charge in [-0.1, -0.05) is 11.6 Å². The molecule has 0 saturated carbocycles. The second kappa shape index (κ2) is 5.72. The largest absolute Gasteiger partial charge is 0.404 e. The van der Waals surface area contributed by atoms with Crippen LogP contribution < -0.4 is 5.32 Å². The first kappa shape index (κ1) is 16.1. The highest BCUT2D eigenvalue weighted by molar-refractivity contribution is 8.00. The number of fused-ring (bicyclic) bond motifs is 1.